The second-order valence-corrected chi connectivity index (χ2v) is 8.04. The summed E-state index contributed by atoms with van der Waals surface area (Å²) in [5.41, 5.74) is 0. The van der Waals surface area contributed by atoms with E-state index < -0.39 is 32.6 Å². The third kappa shape index (κ3) is 3.21. The van der Waals surface area contributed by atoms with Crippen molar-refractivity contribution in [3.8, 4) is 0 Å². The van der Waals surface area contributed by atoms with Crippen LogP contribution in [0, 0.1) is 5.92 Å². The van der Waals surface area contributed by atoms with Crippen molar-refractivity contribution in [2.75, 3.05) is 19.7 Å². The Morgan fingerprint density at radius 3 is 2.57 bits per heavy atom. The van der Waals surface area contributed by atoms with Gasteiger partial charge in [0.2, 0.25) is 10.0 Å². The van der Waals surface area contributed by atoms with Crippen LogP contribution in [0.5, 0.6) is 0 Å². The van der Waals surface area contributed by atoms with E-state index in [0.29, 0.717) is 32.2 Å². The van der Waals surface area contributed by atoms with Gasteiger partial charge < -0.3 is 9.84 Å². The number of sulfonamides is 1. The monoisotopic (exact) mass is 319 g/mol. The molecule has 0 aromatic rings. The van der Waals surface area contributed by atoms with Gasteiger partial charge in [-0.25, -0.2) is 12.7 Å². The zero-order valence-electron chi connectivity index (χ0n) is 12.1. The molecule has 21 heavy (non-hydrogen) atoms. The maximum atomic E-state index is 12.7. The van der Waals surface area contributed by atoms with Crippen LogP contribution < -0.4 is 0 Å². The van der Waals surface area contributed by atoms with E-state index in [-0.39, 0.29) is 19.6 Å². The van der Waals surface area contributed by atoms with Gasteiger partial charge in [0.15, 0.2) is 0 Å². The molecule has 1 N–H and O–H groups in total. The molecule has 0 spiro atoms. The van der Waals surface area contributed by atoms with E-state index >= 15 is 0 Å². The highest BCUT2D eigenvalue weighted by atomic mass is 32.2. The van der Waals surface area contributed by atoms with Crippen molar-refractivity contribution in [1.29, 1.82) is 0 Å². The molecule has 8 heteroatoms. The summed E-state index contributed by atoms with van der Waals surface area (Å²) >= 11 is 0. The van der Waals surface area contributed by atoms with Crippen LogP contribution in [0.1, 0.15) is 39.0 Å². The molecule has 0 amide bonds. The summed E-state index contributed by atoms with van der Waals surface area (Å²) < 4.78 is 30.4. The molecule has 2 fully saturated rings. The van der Waals surface area contributed by atoms with Crippen molar-refractivity contribution in [3.63, 3.8) is 0 Å². The molecule has 1 aliphatic heterocycles. The van der Waals surface area contributed by atoms with Gasteiger partial charge in [0, 0.05) is 13.1 Å². The summed E-state index contributed by atoms with van der Waals surface area (Å²) in [6.07, 6.45) is 1.75. The first-order valence-electron chi connectivity index (χ1n) is 7.20. The Balaban J connectivity index is 2.10. The summed E-state index contributed by atoms with van der Waals surface area (Å²) in [6, 6.07) is 0. The van der Waals surface area contributed by atoms with Crippen LogP contribution >= 0.6 is 0 Å². The molecule has 1 heterocycles. The summed E-state index contributed by atoms with van der Waals surface area (Å²) in [6.45, 7) is 2.23. The van der Waals surface area contributed by atoms with Crippen LogP contribution in [0.2, 0.25) is 0 Å². The van der Waals surface area contributed by atoms with Gasteiger partial charge in [-0.2, -0.15) is 0 Å². The first kappa shape index (κ1) is 16.2. The molecule has 0 radical (unpaired) electrons. The van der Waals surface area contributed by atoms with Crippen molar-refractivity contribution in [3.05, 3.63) is 0 Å². The minimum Gasteiger partial charge on any atom is -0.481 e. The molecule has 120 valence electrons. The molecule has 1 unspecified atom stereocenters. The molecule has 0 aromatic carbocycles. The third-order valence-electron chi connectivity index (χ3n) is 4.20. The summed E-state index contributed by atoms with van der Waals surface area (Å²) in [7, 11) is -3.66. The summed E-state index contributed by atoms with van der Waals surface area (Å²) in [5.74, 6) is -2.14. The SMILES string of the molecule is CCOC(=O)CC1(S(=O)(=O)N2CCCC(C(=O)O)C2)CC1. The summed E-state index contributed by atoms with van der Waals surface area (Å²) in [4.78, 5) is 22.7. The lowest BCUT2D eigenvalue weighted by atomic mass is 10.0. The standard InChI is InChI=1S/C13H21NO6S/c1-2-20-11(15)8-13(5-6-13)21(18,19)14-7-3-4-10(9-14)12(16)17/h10H,2-9H2,1H3,(H,16,17). The van der Waals surface area contributed by atoms with Gasteiger partial charge in [-0.05, 0) is 32.6 Å². The molecule has 2 aliphatic rings. The third-order valence-corrected chi connectivity index (χ3v) is 6.86. The molecule has 1 saturated carbocycles. The van der Waals surface area contributed by atoms with Gasteiger partial charge in [-0.1, -0.05) is 0 Å². The van der Waals surface area contributed by atoms with E-state index in [1.165, 1.54) is 4.31 Å². The number of hydrogen-bond acceptors (Lipinski definition) is 5. The van der Waals surface area contributed by atoms with Crippen LogP contribution in [0.25, 0.3) is 0 Å². The van der Waals surface area contributed by atoms with Crippen LogP contribution in [-0.4, -0.2) is 54.2 Å². The number of piperidine rings is 1. The Hall–Kier alpha value is -1.15. The van der Waals surface area contributed by atoms with Gasteiger partial charge in [0.25, 0.3) is 0 Å². The van der Waals surface area contributed by atoms with Gasteiger partial charge in [-0.3, -0.25) is 9.59 Å². The van der Waals surface area contributed by atoms with Crippen molar-refractivity contribution in [2.45, 2.75) is 43.8 Å². The first-order valence-corrected chi connectivity index (χ1v) is 8.64. The fraction of sp³-hybridized carbons (Fsp3) is 0.846. The van der Waals surface area contributed by atoms with Crippen LogP contribution in [0.15, 0.2) is 0 Å². The molecule has 2 rings (SSSR count). The number of carboxylic acids is 1. The Kier molecular flexibility index (Phi) is 4.57. The average Bonchev–Trinajstić information content (AvgIpc) is 3.20. The number of carbonyl (C=O) groups is 2. The highest BCUT2D eigenvalue weighted by Gasteiger charge is 2.58. The Morgan fingerprint density at radius 1 is 1.38 bits per heavy atom. The normalized spacial score (nSPS) is 25.3. The van der Waals surface area contributed by atoms with E-state index in [4.69, 9.17) is 9.84 Å². The number of aliphatic carboxylic acids is 1. The second kappa shape index (κ2) is 5.92. The molecule has 0 aromatic heterocycles. The van der Waals surface area contributed by atoms with Crippen LogP contribution in [-0.2, 0) is 24.3 Å². The highest BCUT2D eigenvalue weighted by molar-refractivity contribution is 7.90. The number of ether oxygens (including phenoxy) is 1. The molecular formula is C13H21NO6S. The lowest BCUT2D eigenvalue weighted by Crippen LogP contribution is -2.47. The lowest BCUT2D eigenvalue weighted by molar-refractivity contribution is -0.144. The van der Waals surface area contributed by atoms with Crippen molar-refractivity contribution < 1.29 is 27.9 Å². The van der Waals surface area contributed by atoms with Crippen LogP contribution in [0.3, 0.4) is 0 Å². The fourth-order valence-corrected chi connectivity index (χ4v) is 4.99. The van der Waals surface area contributed by atoms with E-state index in [9.17, 15) is 18.0 Å². The Bertz CT molecular complexity index is 525. The van der Waals surface area contributed by atoms with Gasteiger partial charge >= 0.3 is 11.9 Å². The molecule has 1 atom stereocenters. The Morgan fingerprint density at radius 2 is 2.05 bits per heavy atom. The number of esters is 1. The minimum atomic E-state index is -3.66. The average molecular weight is 319 g/mol. The number of carboxylic acid groups (broad SMARTS) is 1. The van der Waals surface area contributed by atoms with Gasteiger partial charge in [0.05, 0.1) is 23.7 Å². The maximum absolute atomic E-state index is 12.7. The second-order valence-electron chi connectivity index (χ2n) is 5.71. The predicted molar refractivity (Wildman–Crippen MR) is 74.1 cm³/mol. The smallest absolute Gasteiger partial charge is 0.307 e. The maximum Gasteiger partial charge on any atom is 0.307 e. The number of carbonyl (C=O) groups excluding carboxylic acids is 1. The first-order chi connectivity index (χ1) is 9.82. The largest absolute Gasteiger partial charge is 0.481 e. The highest BCUT2D eigenvalue weighted by Crippen LogP contribution is 2.48. The van der Waals surface area contributed by atoms with Crippen molar-refractivity contribution >= 4 is 22.0 Å². The molecule has 1 saturated heterocycles. The quantitative estimate of drug-likeness (QED) is 0.719. The fourth-order valence-electron chi connectivity index (χ4n) is 2.78. The number of hydrogen-bond donors (Lipinski definition) is 1. The van der Waals surface area contributed by atoms with E-state index in [0.717, 1.165) is 0 Å². The van der Waals surface area contributed by atoms with Crippen LogP contribution in [0.4, 0.5) is 0 Å². The predicted octanol–water partition coefficient (Wildman–Crippen LogP) is 0.599. The molecule has 7 nitrogen and oxygen atoms in total. The van der Waals surface area contributed by atoms with E-state index in [1.807, 2.05) is 0 Å². The zero-order chi connectivity index (χ0) is 15.7. The minimum absolute atomic E-state index is 0.00222. The van der Waals surface area contributed by atoms with E-state index in [1.54, 1.807) is 6.92 Å². The van der Waals surface area contributed by atoms with Gasteiger partial charge in [0.1, 0.15) is 0 Å². The topological polar surface area (TPSA) is 101 Å². The number of nitrogens with zero attached hydrogens (tertiary/aromatic N) is 1. The zero-order valence-corrected chi connectivity index (χ0v) is 12.9. The number of rotatable bonds is 6. The molecular weight excluding hydrogens is 298 g/mol. The lowest BCUT2D eigenvalue weighted by Gasteiger charge is -2.32. The molecule has 0 bridgehead atoms. The van der Waals surface area contributed by atoms with Crippen molar-refractivity contribution in [1.82, 2.24) is 4.31 Å². The summed E-state index contributed by atoms with van der Waals surface area (Å²) in [5, 5.41) is 9.06. The molecule has 1 aliphatic carbocycles. The van der Waals surface area contributed by atoms with Gasteiger partial charge in [-0.15, -0.1) is 0 Å². The van der Waals surface area contributed by atoms with Crippen molar-refractivity contribution in [2.24, 2.45) is 5.92 Å². The Labute approximate surface area is 124 Å². The van der Waals surface area contributed by atoms with E-state index in [2.05, 4.69) is 0 Å².